The fourth-order valence-corrected chi connectivity index (χ4v) is 2.91. The first-order valence-electron chi connectivity index (χ1n) is 8.23. The Morgan fingerprint density at radius 2 is 1.77 bits per heavy atom. The summed E-state index contributed by atoms with van der Waals surface area (Å²) in [6.07, 6.45) is 3.88. The molecule has 116 valence electrons. The Hall–Kier alpha value is -1.80. The van der Waals surface area contributed by atoms with E-state index in [1.807, 2.05) is 30.3 Å². The average molecular weight is 296 g/mol. The van der Waals surface area contributed by atoms with E-state index in [9.17, 15) is 0 Å². The van der Waals surface area contributed by atoms with Gasteiger partial charge in [0, 0.05) is 0 Å². The van der Waals surface area contributed by atoms with Crippen LogP contribution in [0.4, 0.5) is 0 Å². The lowest BCUT2D eigenvalue weighted by molar-refractivity contribution is -0.0181. The molecule has 22 heavy (non-hydrogen) atoms. The Labute approximate surface area is 133 Å². The Bertz CT molecular complexity index is 554. The molecular formula is C20H24O2. The predicted molar refractivity (Wildman–Crippen MR) is 88.9 cm³/mol. The van der Waals surface area contributed by atoms with E-state index in [2.05, 4.69) is 31.2 Å². The third-order valence-electron chi connectivity index (χ3n) is 4.45. The Balaban J connectivity index is 1.54. The van der Waals surface area contributed by atoms with E-state index in [1.54, 1.807) is 0 Å². The molecule has 0 amide bonds. The largest absolute Gasteiger partial charge is 0.489 e. The van der Waals surface area contributed by atoms with Gasteiger partial charge in [-0.25, -0.2) is 0 Å². The summed E-state index contributed by atoms with van der Waals surface area (Å²) in [4.78, 5) is 0. The van der Waals surface area contributed by atoms with Crippen LogP contribution in [-0.2, 0) is 11.3 Å². The summed E-state index contributed by atoms with van der Waals surface area (Å²) in [6, 6.07) is 18.6. The summed E-state index contributed by atoms with van der Waals surface area (Å²) in [5.41, 5.74) is 2.45. The summed E-state index contributed by atoms with van der Waals surface area (Å²) < 4.78 is 11.8. The number of rotatable bonds is 5. The van der Waals surface area contributed by atoms with Crippen molar-refractivity contribution in [3.05, 3.63) is 65.7 Å². The third kappa shape index (κ3) is 3.89. The molecule has 0 aromatic heterocycles. The highest BCUT2D eigenvalue weighted by molar-refractivity contribution is 5.29. The Kier molecular flexibility index (Phi) is 5.12. The monoisotopic (exact) mass is 296 g/mol. The van der Waals surface area contributed by atoms with Gasteiger partial charge >= 0.3 is 0 Å². The van der Waals surface area contributed by atoms with Gasteiger partial charge in [-0.05, 0) is 42.0 Å². The second kappa shape index (κ2) is 7.46. The quantitative estimate of drug-likeness (QED) is 0.760. The minimum absolute atomic E-state index is 0.256. The van der Waals surface area contributed by atoms with Crippen molar-refractivity contribution in [1.29, 1.82) is 0 Å². The van der Waals surface area contributed by atoms with Gasteiger partial charge in [0.1, 0.15) is 12.4 Å². The maximum Gasteiger partial charge on any atom is 0.119 e. The molecule has 1 heterocycles. The first-order valence-corrected chi connectivity index (χ1v) is 8.23. The SMILES string of the molecule is CC[C@H]1CC[C@@H](c2ccc(OCc3ccccc3)cc2)OC1. The van der Waals surface area contributed by atoms with Crippen molar-refractivity contribution in [3.8, 4) is 5.75 Å². The van der Waals surface area contributed by atoms with Crippen LogP contribution in [0.3, 0.4) is 0 Å². The van der Waals surface area contributed by atoms with Gasteiger partial charge in [0.2, 0.25) is 0 Å². The van der Waals surface area contributed by atoms with Gasteiger partial charge in [-0.3, -0.25) is 0 Å². The molecule has 1 saturated heterocycles. The van der Waals surface area contributed by atoms with Crippen molar-refractivity contribution in [1.82, 2.24) is 0 Å². The zero-order valence-electron chi connectivity index (χ0n) is 13.2. The topological polar surface area (TPSA) is 18.5 Å². The van der Waals surface area contributed by atoms with Gasteiger partial charge in [-0.2, -0.15) is 0 Å². The molecule has 0 saturated carbocycles. The molecule has 3 rings (SSSR count). The molecule has 2 nitrogen and oxygen atoms in total. The fourth-order valence-electron chi connectivity index (χ4n) is 2.91. The molecule has 0 aliphatic carbocycles. The van der Waals surface area contributed by atoms with Crippen LogP contribution in [0.5, 0.6) is 5.75 Å². The zero-order valence-corrected chi connectivity index (χ0v) is 13.2. The van der Waals surface area contributed by atoms with E-state index in [0.29, 0.717) is 6.61 Å². The number of hydrogen-bond donors (Lipinski definition) is 0. The molecule has 2 aromatic carbocycles. The first kappa shape index (κ1) is 15.1. The van der Waals surface area contributed by atoms with Crippen molar-refractivity contribution < 1.29 is 9.47 Å². The minimum atomic E-state index is 0.256. The van der Waals surface area contributed by atoms with Crippen molar-refractivity contribution in [3.63, 3.8) is 0 Å². The summed E-state index contributed by atoms with van der Waals surface area (Å²) >= 11 is 0. The highest BCUT2D eigenvalue weighted by atomic mass is 16.5. The van der Waals surface area contributed by atoms with Gasteiger partial charge in [0.05, 0.1) is 12.7 Å². The van der Waals surface area contributed by atoms with Crippen LogP contribution in [0, 0.1) is 5.92 Å². The van der Waals surface area contributed by atoms with Crippen molar-refractivity contribution >= 4 is 0 Å². The normalized spacial score (nSPS) is 21.5. The zero-order chi connectivity index (χ0) is 15.2. The lowest BCUT2D eigenvalue weighted by atomic mass is 9.93. The molecule has 1 fully saturated rings. The second-order valence-electron chi connectivity index (χ2n) is 6.02. The lowest BCUT2D eigenvalue weighted by Gasteiger charge is -2.28. The molecular weight excluding hydrogens is 272 g/mol. The van der Waals surface area contributed by atoms with Crippen LogP contribution < -0.4 is 4.74 Å². The maximum absolute atomic E-state index is 6.00. The highest BCUT2D eigenvalue weighted by Crippen LogP contribution is 2.32. The second-order valence-corrected chi connectivity index (χ2v) is 6.02. The Morgan fingerprint density at radius 3 is 2.41 bits per heavy atom. The van der Waals surface area contributed by atoms with E-state index in [1.165, 1.54) is 24.0 Å². The van der Waals surface area contributed by atoms with Crippen molar-refractivity contribution in [2.75, 3.05) is 6.61 Å². The molecule has 2 atom stereocenters. The van der Waals surface area contributed by atoms with E-state index in [4.69, 9.17) is 9.47 Å². The van der Waals surface area contributed by atoms with E-state index < -0.39 is 0 Å². The van der Waals surface area contributed by atoms with Crippen molar-refractivity contribution in [2.45, 2.75) is 38.9 Å². The molecule has 0 radical (unpaired) electrons. The smallest absolute Gasteiger partial charge is 0.119 e. The first-order chi connectivity index (χ1) is 10.8. The molecule has 0 bridgehead atoms. The highest BCUT2D eigenvalue weighted by Gasteiger charge is 2.21. The fraction of sp³-hybridized carbons (Fsp3) is 0.400. The standard InChI is InChI=1S/C20H24O2/c1-2-16-8-13-20(22-14-16)18-9-11-19(12-10-18)21-15-17-6-4-3-5-7-17/h3-7,9-12,16,20H,2,8,13-15H2,1H3/t16-,20-/m0/s1. The van der Waals surface area contributed by atoms with Gasteiger partial charge in [0.25, 0.3) is 0 Å². The van der Waals surface area contributed by atoms with Crippen LogP contribution in [0.25, 0.3) is 0 Å². The van der Waals surface area contributed by atoms with Gasteiger partial charge in [-0.1, -0.05) is 55.8 Å². The maximum atomic E-state index is 6.00. The molecule has 1 aliphatic heterocycles. The molecule has 2 heteroatoms. The Morgan fingerprint density at radius 1 is 1.00 bits per heavy atom. The van der Waals surface area contributed by atoms with Gasteiger partial charge < -0.3 is 9.47 Å². The molecule has 0 spiro atoms. The number of ether oxygens (including phenoxy) is 2. The summed E-state index contributed by atoms with van der Waals surface area (Å²) in [7, 11) is 0. The van der Waals surface area contributed by atoms with Crippen LogP contribution in [-0.4, -0.2) is 6.61 Å². The van der Waals surface area contributed by atoms with Crippen LogP contribution in [0.1, 0.15) is 43.4 Å². The summed E-state index contributed by atoms with van der Waals surface area (Å²) in [5.74, 6) is 1.65. The van der Waals surface area contributed by atoms with Crippen LogP contribution in [0.15, 0.2) is 54.6 Å². The minimum Gasteiger partial charge on any atom is -0.489 e. The number of benzene rings is 2. The van der Waals surface area contributed by atoms with Gasteiger partial charge in [0.15, 0.2) is 0 Å². The van der Waals surface area contributed by atoms with E-state index in [0.717, 1.165) is 24.7 Å². The third-order valence-corrected chi connectivity index (χ3v) is 4.45. The molecule has 0 N–H and O–H groups in total. The summed E-state index contributed by atoms with van der Waals surface area (Å²) in [5, 5.41) is 0. The van der Waals surface area contributed by atoms with E-state index >= 15 is 0 Å². The van der Waals surface area contributed by atoms with E-state index in [-0.39, 0.29) is 6.10 Å². The molecule has 0 unspecified atom stereocenters. The molecule has 1 aliphatic rings. The molecule has 2 aromatic rings. The van der Waals surface area contributed by atoms with Crippen molar-refractivity contribution in [2.24, 2.45) is 5.92 Å². The van der Waals surface area contributed by atoms with Crippen LogP contribution in [0.2, 0.25) is 0 Å². The van der Waals surface area contributed by atoms with Crippen LogP contribution >= 0.6 is 0 Å². The summed E-state index contributed by atoms with van der Waals surface area (Å²) in [6.45, 7) is 3.75. The number of hydrogen-bond acceptors (Lipinski definition) is 2. The lowest BCUT2D eigenvalue weighted by Crippen LogP contribution is -2.20. The van der Waals surface area contributed by atoms with Gasteiger partial charge in [-0.15, -0.1) is 0 Å². The predicted octanol–water partition coefficient (Wildman–Crippen LogP) is 5.14. The average Bonchev–Trinajstić information content (AvgIpc) is 2.61.